The molecule has 0 radical (unpaired) electrons. The van der Waals surface area contributed by atoms with E-state index in [1.54, 1.807) is 10.9 Å². The Balaban J connectivity index is 1.74. The van der Waals surface area contributed by atoms with E-state index in [9.17, 15) is 4.79 Å². The Hall–Kier alpha value is -2.86. The van der Waals surface area contributed by atoms with Gasteiger partial charge in [-0.15, -0.1) is 0 Å². The highest BCUT2D eigenvalue weighted by atomic mass is 16.2. The Bertz CT molecular complexity index is 850. The fraction of sp³-hybridized carbons (Fsp3) is 0.263. The number of benzene rings is 1. The monoisotopic (exact) mass is 337 g/mol. The van der Waals surface area contributed by atoms with Gasteiger partial charge in [0.2, 0.25) is 0 Å². The van der Waals surface area contributed by atoms with Gasteiger partial charge in [-0.3, -0.25) is 9.48 Å². The van der Waals surface area contributed by atoms with Crippen LogP contribution in [0.15, 0.2) is 54.9 Å². The van der Waals surface area contributed by atoms with Crippen LogP contribution in [-0.4, -0.2) is 32.8 Å². The second-order valence-electron chi connectivity index (χ2n) is 6.16. The molecule has 130 valence electrons. The van der Waals surface area contributed by atoms with Crippen molar-refractivity contribution in [3.8, 4) is 11.3 Å². The molecule has 2 heterocycles. The molecule has 0 saturated heterocycles. The molecule has 3 N–H and O–H groups in total. The van der Waals surface area contributed by atoms with E-state index in [1.165, 1.54) is 0 Å². The van der Waals surface area contributed by atoms with Crippen LogP contribution >= 0.6 is 0 Å². The summed E-state index contributed by atoms with van der Waals surface area (Å²) in [4.78, 5) is 12.7. The van der Waals surface area contributed by atoms with Crippen LogP contribution in [0.4, 0.5) is 0 Å². The van der Waals surface area contributed by atoms with Crippen molar-refractivity contribution in [1.82, 2.24) is 19.7 Å². The van der Waals surface area contributed by atoms with E-state index in [4.69, 9.17) is 5.73 Å². The van der Waals surface area contributed by atoms with Crippen molar-refractivity contribution < 1.29 is 4.79 Å². The summed E-state index contributed by atoms with van der Waals surface area (Å²) >= 11 is 0. The van der Waals surface area contributed by atoms with E-state index in [2.05, 4.69) is 10.4 Å². The van der Waals surface area contributed by atoms with Gasteiger partial charge in [-0.05, 0) is 24.1 Å². The number of nitrogens with one attached hydrogen (secondary N) is 1. The minimum atomic E-state index is -0.123. The zero-order chi connectivity index (χ0) is 17.8. The topological polar surface area (TPSA) is 77.9 Å². The number of aryl methyl sites for hydroxylation is 2. The fourth-order valence-electron chi connectivity index (χ4n) is 2.94. The zero-order valence-corrected chi connectivity index (χ0v) is 14.5. The lowest BCUT2D eigenvalue weighted by Gasteiger charge is -2.17. The Kier molecular flexibility index (Phi) is 5.00. The Morgan fingerprint density at radius 3 is 2.64 bits per heavy atom. The van der Waals surface area contributed by atoms with Crippen molar-refractivity contribution in [3.63, 3.8) is 0 Å². The highest BCUT2D eigenvalue weighted by Gasteiger charge is 2.17. The number of nitrogens with two attached hydrogens (primary N) is 1. The maximum absolute atomic E-state index is 12.7. The normalized spacial score (nSPS) is 12.1. The maximum Gasteiger partial charge on any atom is 0.268 e. The summed E-state index contributed by atoms with van der Waals surface area (Å²) in [5, 5.41) is 7.21. The average Bonchev–Trinajstić information content (AvgIpc) is 3.20. The molecule has 0 saturated carbocycles. The number of aromatic nitrogens is 3. The van der Waals surface area contributed by atoms with Crippen LogP contribution in [0.1, 0.15) is 16.1 Å². The minimum absolute atomic E-state index is 0.107. The molecule has 1 unspecified atom stereocenters. The minimum Gasteiger partial charge on any atom is -0.346 e. The SMILES string of the molecule is Cn1cc(-c2ccnn2C)cc1C(=O)NC(CN)Cc1ccccc1. The first-order valence-corrected chi connectivity index (χ1v) is 8.28. The molecule has 1 atom stereocenters. The van der Waals surface area contributed by atoms with Gasteiger partial charge in [-0.1, -0.05) is 30.3 Å². The molecule has 0 bridgehead atoms. The van der Waals surface area contributed by atoms with Crippen LogP contribution in [-0.2, 0) is 20.5 Å². The molecule has 0 aliphatic carbocycles. The first-order chi connectivity index (χ1) is 12.1. The van der Waals surface area contributed by atoms with Gasteiger partial charge in [0.05, 0.1) is 5.69 Å². The van der Waals surface area contributed by atoms with Crippen molar-refractivity contribution in [2.75, 3.05) is 6.54 Å². The van der Waals surface area contributed by atoms with Crippen LogP contribution in [0.2, 0.25) is 0 Å². The lowest BCUT2D eigenvalue weighted by molar-refractivity contribution is 0.0930. The molecule has 3 rings (SSSR count). The number of hydrogen-bond acceptors (Lipinski definition) is 3. The van der Waals surface area contributed by atoms with Crippen molar-refractivity contribution in [3.05, 3.63) is 66.1 Å². The summed E-state index contributed by atoms with van der Waals surface area (Å²) in [7, 11) is 3.75. The molecule has 0 aliphatic heterocycles. The smallest absolute Gasteiger partial charge is 0.268 e. The molecule has 2 aromatic heterocycles. The maximum atomic E-state index is 12.7. The molecule has 1 amide bonds. The summed E-state index contributed by atoms with van der Waals surface area (Å²) in [6.07, 6.45) is 4.38. The average molecular weight is 337 g/mol. The number of carbonyl (C=O) groups excluding carboxylic acids is 1. The molecular formula is C19H23N5O. The predicted octanol–water partition coefficient (Wildman–Crippen LogP) is 1.73. The van der Waals surface area contributed by atoms with Gasteiger partial charge in [-0.2, -0.15) is 5.10 Å². The van der Waals surface area contributed by atoms with Crippen molar-refractivity contribution in [2.24, 2.45) is 19.8 Å². The molecule has 1 aromatic carbocycles. The number of amides is 1. The molecule has 0 spiro atoms. The van der Waals surface area contributed by atoms with E-state index in [1.807, 2.05) is 67.3 Å². The molecule has 0 aliphatic rings. The third kappa shape index (κ3) is 3.80. The first kappa shape index (κ1) is 17.0. The van der Waals surface area contributed by atoms with E-state index in [0.717, 1.165) is 16.8 Å². The summed E-state index contributed by atoms with van der Waals surface area (Å²) in [5.41, 5.74) is 9.53. The largest absolute Gasteiger partial charge is 0.346 e. The second-order valence-corrected chi connectivity index (χ2v) is 6.16. The predicted molar refractivity (Wildman–Crippen MR) is 98.1 cm³/mol. The van der Waals surface area contributed by atoms with Crippen molar-refractivity contribution in [2.45, 2.75) is 12.5 Å². The van der Waals surface area contributed by atoms with Crippen LogP contribution in [0.3, 0.4) is 0 Å². The van der Waals surface area contributed by atoms with Crippen LogP contribution in [0.5, 0.6) is 0 Å². The summed E-state index contributed by atoms with van der Waals surface area (Å²) in [5.74, 6) is -0.123. The summed E-state index contributed by atoms with van der Waals surface area (Å²) < 4.78 is 3.61. The van der Waals surface area contributed by atoms with E-state index < -0.39 is 0 Å². The molecular weight excluding hydrogens is 314 g/mol. The zero-order valence-electron chi connectivity index (χ0n) is 14.5. The van der Waals surface area contributed by atoms with Gasteiger partial charge in [-0.25, -0.2) is 0 Å². The summed E-state index contributed by atoms with van der Waals surface area (Å²) in [6, 6.07) is 13.7. The van der Waals surface area contributed by atoms with Crippen LogP contribution < -0.4 is 11.1 Å². The summed E-state index contributed by atoms with van der Waals surface area (Å²) in [6.45, 7) is 0.389. The standard InChI is InChI=1S/C19H23N5O/c1-23-13-15(17-8-9-21-24(17)2)11-18(23)19(25)22-16(12-20)10-14-6-4-3-5-7-14/h3-9,11,13,16H,10,12,20H2,1-2H3,(H,22,25). The Labute approximate surface area is 147 Å². The third-order valence-electron chi connectivity index (χ3n) is 4.30. The fourth-order valence-corrected chi connectivity index (χ4v) is 2.94. The van der Waals surface area contributed by atoms with Gasteiger partial charge in [0, 0.05) is 44.6 Å². The first-order valence-electron chi connectivity index (χ1n) is 8.28. The number of rotatable bonds is 6. The van der Waals surface area contributed by atoms with Gasteiger partial charge < -0.3 is 15.6 Å². The lowest BCUT2D eigenvalue weighted by atomic mass is 10.1. The Morgan fingerprint density at radius 1 is 1.24 bits per heavy atom. The van der Waals surface area contributed by atoms with E-state index >= 15 is 0 Å². The van der Waals surface area contributed by atoms with Crippen molar-refractivity contribution >= 4 is 5.91 Å². The molecule has 6 nitrogen and oxygen atoms in total. The van der Waals surface area contributed by atoms with Crippen LogP contribution in [0, 0.1) is 0 Å². The quantitative estimate of drug-likeness (QED) is 0.719. The molecule has 3 aromatic rings. The number of nitrogens with zero attached hydrogens (tertiary/aromatic N) is 3. The highest BCUT2D eigenvalue weighted by molar-refractivity contribution is 5.94. The van der Waals surface area contributed by atoms with Gasteiger partial charge in [0.15, 0.2) is 0 Å². The third-order valence-corrected chi connectivity index (χ3v) is 4.30. The van der Waals surface area contributed by atoms with E-state index in [-0.39, 0.29) is 11.9 Å². The van der Waals surface area contributed by atoms with Crippen molar-refractivity contribution in [1.29, 1.82) is 0 Å². The van der Waals surface area contributed by atoms with Gasteiger partial charge >= 0.3 is 0 Å². The van der Waals surface area contributed by atoms with Gasteiger partial charge in [0.25, 0.3) is 5.91 Å². The second kappa shape index (κ2) is 7.36. The molecule has 0 fully saturated rings. The van der Waals surface area contributed by atoms with Crippen LogP contribution in [0.25, 0.3) is 11.3 Å². The highest BCUT2D eigenvalue weighted by Crippen LogP contribution is 2.21. The molecule has 25 heavy (non-hydrogen) atoms. The van der Waals surface area contributed by atoms with Gasteiger partial charge in [0.1, 0.15) is 5.69 Å². The lowest BCUT2D eigenvalue weighted by Crippen LogP contribution is -2.42. The number of carbonyl (C=O) groups is 1. The number of hydrogen-bond donors (Lipinski definition) is 2. The van der Waals surface area contributed by atoms with E-state index in [0.29, 0.717) is 18.7 Å². The Morgan fingerprint density at radius 2 is 2.00 bits per heavy atom. The molecule has 6 heteroatoms.